The maximum atomic E-state index is 5.78. The summed E-state index contributed by atoms with van der Waals surface area (Å²) in [6, 6.07) is 21.3. The van der Waals surface area contributed by atoms with E-state index in [4.69, 9.17) is 9.73 Å². The van der Waals surface area contributed by atoms with E-state index in [0.717, 1.165) is 37.5 Å². The first-order valence-electron chi connectivity index (χ1n) is 9.31. The van der Waals surface area contributed by atoms with Crippen molar-refractivity contribution in [3.05, 3.63) is 83.4 Å². The molecular weight excluding hydrogens is 318 g/mol. The van der Waals surface area contributed by atoms with Gasteiger partial charge in [0.05, 0.1) is 12.3 Å². The molecule has 0 spiro atoms. The second kappa shape index (κ2) is 7.57. The average molecular weight is 341 g/mol. The summed E-state index contributed by atoms with van der Waals surface area (Å²) in [5, 5.41) is 2.53. The van der Waals surface area contributed by atoms with Gasteiger partial charge in [-0.1, -0.05) is 55.5 Å². The Morgan fingerprint density at radius 2 is 1.88 bits per heavy atom. The third-order valence-corrected chi connectivity index (χ3v) is 4.73. The summed E-state index contributed by atoms with van der Waals surface area (Å²) in [5.74, 6) is 0.963. The fraction of sp³-hybridized carbons (Fsp3) is 0.208. The molecule has 0 fully saturated rings. The van der Waals surface area contributed by atoms with Gasteiger partial charge in [0.2, 0.25) is 0 Å². The van der Waals surface area contributed by atoms with Crippen molar-refractivity contribution in [2.75, 3.05) is 13.2 Å². The monoisotopic (exact) mass is 341 g/mol. The molecule has 0 bridgehead atoms. The molecule has 2 nitrogen and oxygen atoms in total. The second-order valence-electron chi connectivity index (χ2n) is 6.59. The van der Waals surface area contributed by atoms with Gasteiger partial charge in [-0.05, 0) is 59.0 Å². The summed E-state index contributed by atoms with van der Waals surface area (Å²) in [4.78, 5) is 4.75. The van der Waals surface area contributed by atoms with E-state index in [1.807, 2.05) is 0 Å². The highest BCUT2D eigenvalue weighted by Gasteiger charge is 2.13. The largest absolute Gasteiger partial charge is 0.494 e. The summed E-state index contributed by atoms with van der Waals surface area (Å²) in [6.07, 6.45) is 6.33. The number of benzene rings is 3. The Hall–Kier alpha value is -2.87. The van der Waals surface area contributed by atoms with Crippen LogP contribution in [0.25, 0.3) is 16.8 Å². The molecule has 1 heterocycles. The van der Waals surface area contributed by atoms with Crippen LogP contribution in [0.4, 0.5) is 0 Å². The third-order valence-electron chi connectivity index (χ3n) is 4.73. The quantitative estimate of drug-likeness (QED) is 0.584. The molecule has 1 aliphatic rings. The van der Waals surface area contributed by atoms with Crippen molar-refractivity contribution in [3.63, 3.8) is 0 Å². The predicted molar refractivity (Wildman–Crippen MR) is 110 cm³/mol. The number of rotatable bonds is 5. The Morgan fingerprint density at radius 1 is 1.00 bits per heavy atom. The Balaban J connectivity index is 1.63. The summed E-state index contributed by atoms with van der Waals surface area (Å²) >= 11 is 0. The van der Waals surface area contributed by atoms with Gasteiger partial charge in [0, 0.05) is 12.1 Å². The topological polar surface area (TPSA) is 21.6 Å². The van der Waals surface area contributed by atoms with Crippen molar-refractivity contribution in [1.29, 1.82) is 0 Å². The van der Waals surface area contributed by atoms with E-state index in [0.29, 0.717) is 0 Å². The molecule has 0 amide bonds. The number of aliphatic imine (C=N–C) groups is 1. The van der Waals surface area contributed by atoms with Crippen LogP contribution in [0.3, 0.4) is 0 Å². The van der Waals surface area contributed by atoms with Crippen LogP contribution in [0.5, 0.6) is 5.75 Å². The highest BCUT2D eigenvalue weighted by Crippen LogP contribution is 2.24. The number of hydrogen-bond acceptors (Lipinski definition) is 2. The Labute approximate surface area is 154 Å². The van der Waals surface area contributed by atoms with Crippen LogP contribution < -0.4 is 4.74 Å². The summed E-state index contributed by atoms with van der Waals surface area (Å²) < 4.78 is 5.78. The van der Waals surface area contributed by atoms with Gasteiger partial charge >= 0.3 is 0 Å². The van der Waals surface area contributed by atoms with E-state index in [9.17, 15) is 0 Å². The molecule has 2 heteroatoms. The van der Waals surface area contributed by atoms with Crippen molar-refractivity contribution in [1.82, 2.24) is 0 Å². The number of ether oxygens (including phenoxy) is 1. The van der Waals surface area contributed by atoms with Gasteiger partial charge in [-0.3, -0.25) is 4.99 Å². The molecule has 0 saturated carbocycles. The first kappa shape index (κ1) is 16.6. The highest BCUT2D eigenvalue weighted by atomic mass is 16.5. The standard InChI is InChI=1S/C24H23NO/c1-2-16-26-21-11-12-23-20(17-21)14-15-25-24(23)13-10-19-8-5-7-18-6-3-4-9-22(18)19/h3-13,17H,2,14-16H2,1H3/b13-10+. The Bertz CT molecular complexity index is 979. The van der Waals surface area contributed by atoms with Crippen LogP contribution in [0.1, 0.15) is 30.0 Å². The lowest BCUT2D eigenvalue weighted by Crippen LogP contribution is -2.11. The van der Waals surface area contributed by atoms with Crippen molar-refractivity contribution >= 4 is 22.6 Å². The average Bonchev–Trinajstić information content (AvgIpc) is 2.70. The van der Waals surface area contributed by atoms with Crippen molar-refractivity contribution < 1.29 is 4.74 Å². The highest BCUT2D eigenvalue weighted by molar-refractivity contribution is 6.13. The summed E-state index contributed by atoms with van der Waals surface area (Å²) in [6.45, 7) is 3.72. The lowest BCUT2D eigenvalue weighted by Gasteiger charge is -2.16. The van der Waals surface area contributed by atoms with Crippen LogP contribution in [0.2, 0.25) is 0 Å². The zero-order chi connectivity index (χ0) is 17.8. The van der Waals surface area contributed by atoms with Crippen LogP contribution >= 0.6 is 0 Å². The Morgan fingerprint density at radius 3 is 2.81 bits per heavy atom. The van der Waals surface area contributed by atoms with E-state index >= 15 is 0 Å². The number of fused-ring (bicyclic) bond motifs is 2. The predicted octanol–water partition coefficient (Wildman–Crippen LogP) is 5.69. The second-order valence-corrected chi connectivity index (χ2v) is 6.59. The van der Waals surface area contributed by atoms with Gasteiger partial charge in [-0.25, -0.2) is 0 Å². The van der Waals surface area contributed by atoms with Gasteiger partial charge < -0.3 is 4.74 Å². The van der Waals surface area contributed by atoms with E-state index in [1.165, 1.54) is 27.5 Å². The molecule has 3 aromatic rings. The SMILES string of the molecule is CCCOc1ccc2c(c1)CCN=C2/C=C/c1cccc2ccccc12. The molecule has 0 aliphatic carbocycles. The van der Waals surface area contributed by atoms with Gasteiger partial charge in [0.15, 0.2) is 0 Å². The number of nitrogens with zero attached hydrogens (tertiary/aromatic N) is 1. The minimum atomic E-state index is 0.765. The number of allylic oxidation sites excluding steroid dienone is 1. The first-order valence-corrected chi connectivity index (χ1v) is 9.31. The van der Waals surface area contributed by atoms with E-state index < -0.39 is 0 Å². The third kappa shape index (κ3) is 3.41. The molecule has 0 N–H and O–H groups in total. The van der Waals surface area contributed by atoms with Crippen molar-refractivity contribution in [2.45, 2.75) is 19.8 Å². The Kier molecular flexibility index (Phi) is 4.83. The maximum Gasteiger partial charge on any atom is 0.119 e. The molecule has 0 unspecified atom stereocenters. The van der Waals surface area contributed by atoms with Crippen LogP contribution in [0.15, 0.2) is 71.7 Å². The molecule has 0 saturated heterocycles. The fourth-order valence-corrected chi connectivity index (χ4v) is 3.43. The fourth-order valence-electron chi connectivity index (χ4n) is 3.43. The van der Waals surface area contributed by atoms with Crippen LogP contribution in [-0.2, 0) is 6.42 Å². The minimum absolute atomic E-state index is 0.765. The molecule has 0 radical (unpaired) electrons. The van der Waals surface area contributed by atoms with E-state index in [1.54, 1.807) is 0 Å². The van der Waals surface area contributed by atoms with Gasteiger partial charge in [0.25, 0.3) is 0 Å². The molecule has 4 rings (SSSR count). The van der Waals surface area contributed by atoms with Crippen molar-refractivity contribution in [2.24, 2.45) is 4.99 Å². The zero-order valence-corrected chi connectivity index (χ0v) is 15.1. The normalized spacial score (nSPS) is 13.7. The molecule has 26 heavy (non-hydrogen) atoms. The van der Waals surface area contributed by atoms with Crippen molar-refractivity contribution in [3.8, 4) is 5.75 Å². The molecule has 0 aromatic heterocycles. The van der Waals surface area contributed by atoms with Gasteiger partial charge in [-0.2, -0.15) is 0 Å². The molecule has 3 aromatic carbocycles. The summed E-state index contributed by atoms with van der Waals surface area (Å²) in [7, 11) is 0. The smallest absolute Gasteiger partial charge is 0.119 e. The maximum absolute atomic E-state index is 5.78. The molecule has 1 aliphatic heterocycles. The van der Waals surface area contributed by atoms with Gasteiger partial charge in [0.1, 0.15) is 5.75 Å². The molecular formula is C24H23NO. The first-order chi connectivity index (χ1) is 12.8. The van der Waals surface area contributed by atoms with Crippen LogP contribution in [-0.4, -0.2) is 18.9 Å². The molecule has 0 atom stereocenters. The van der Waals surface area contributed by atoms with E-state index in [-0.39, 0.29) is 0 Å². The summed E-state index contributed by atoms with van der Waals surface area (Å²) in [5.41, 5.74) is 4.82. The van der Waals surface area contributed by atoms with Gasteiger partial charge in [-0.15, -0.1) is 0 Å². The minimum Gasteiger partial charge on any atom is -0.494 e. The molecule has 130 valence electrons. The lowest BCUT2D eigenvalue weighted by atomic mass is 9.96. The lowest BCUT2D eigenvalue weighted by molar-refractivity contribution is 0.317. The number of hydrogen-bond donors (Lipinski definition) is 0. The van der Waals surface area contributed by atoms with E-state index in [2.05, 4.69) is 79.7 Å². The van der Waals surface area contributed by atoms with Crippen LogP contribution in [0, 0.1) is 0 Å². The zero-order valence-electron chi connectivity index (χ0n) is 15.1.